The van der Waals surface area contributed by atoms with E-state index in [0.717, 1.165) is 22.3 Å². The van der Waals surface area contributed by atoms with E-state index in [9.17, 15) is 10.1 Å². The molecule has 0 radical (unpaired) electrons. The van der Waals surface area contributed by atoms with Crippen molar-refractivity contribution < 1.29 is 4.79 Å². The molecule has 2 rings (SSSR count). The van der Waals surface area contributed by atoms with Crippen molar-refractivity contribution >= 4 is 29.3 Å². The Bertz CT molecular complexity index is 832. The molecular formula is C19H17ClN2O. The molecule has 0 aliphatic carbocycles. The van der Waals surface area contributed by atoms with Gasteiger partial charge >= 0.3 is 0 Å². The number of nitriles is 1. The summed E-state index contributed by atoms with van der Waals surface area (Å²) in [7, 11) is 0. The highest BCUT2D eigenvalue weighted by Crippen LogP contribution is 2.23. The molecule has 0 saturated carbocycles. The first-order chi connectivity index (χ1) is 10.9. The molecule has 0 unspecified atom stereocenters. The van der Waals surface area contributed by atoms with Crippen LogP contribution in [0.5, 0.6) is 0 Å². The van der Waals surface area contributed by atoms with E-state index in [2.05, 4.69) is 5.32 Å². The number of benzene rings is 2. The van der Waals surface area contributed by atoms with Crippen molar-refractivity contribution in [3.8, 4) is 6.07 Å². The lowest BCUT2D eigenvalue weighted by Gasteiger charge is -2.09. The standard InChI is InChI=1S/C19H17ClN2O/c1-12-7-8-13(2)15(9-12)10-16(11-21)19(23)22-18-6-4-5-17(20)14(18)3/h4-10H,1-3H3,(H,22,23)/b16-10+. The van der Waals surface area contributed by atoms with E-state index < -0.39 is 5.91 Å². The Balaban J connectivity index is 2.32. The Kier molecular flexibility index (Phi) is 5.20. The van der Waals surface area contributed by atoms with Crippen LogP contribution in [0.4, 0.5) is 5.69 Å². The molecule has 0 aliphatic heterocycles. The van der Waals surface area contributed by atoms with Crippen LogP contribution in [0.1, 0.15) is 22.3 Å². The van der Waals surface area contributed by atoms with Gasteiger partial charge in [0.05, 0.1) is 0 Å². The van der Waals surface area contributed by atoms with Gasteiger partial charge in [0.25, 0.3) is 5.91 Å². The van der Waals surface area contributed by atoms with Crippen molar-refractivity contribution in [1.29, 1.82) is 5.26 Å². The highest BCUT2D eigenvalue weighted by molar-refractivity contribution is 6.31. The summed E-state index contributed by atoms with van der Waals surface area (Å²) in [4.78, 5) is 12.4. The number of hydrogen-bond acceptors (Lipinski definition) is 2. The first kappa shape index (κ1) is 16.8. The molecule has 0 aromatic heterocycles. The van der Waals surface area contributed by atoms with Gasteiger partial charge in [-0.1, -0.05) is 41.4 Å². The minimum atomic E-state index is -0.446. The van der Waals surface area contributed by atoms with Gasteiger partial charge in [0.1, 0.15) is 11.6 Å². The van der Waals surface area contributed by atoms with Crippen LogP contribution in [0, 0.1) is 32.1 Å². The normalized spacial score (nSPS) is 11.0. The molecule has 3 nitrogen and oxygen atoms in total. The number of nitrogens with zero attached hydrogens (tertiary/aromatic N) is 1. The van der Waals surface area contributed by atoms with Gasteiger partial charge in [0, 0.05) is 10.7 Å². The van der Waals surface area contributed by atoms with Gasteiger partial charge in [-0.3, -0.25) is 4.79 Å². The lowest BCUT2D eigenvalue weighted by Crippen LogP contribution is -2.14. The first-order valence-electron chi connectivity index (χ1n) is 7.18. The van der Waals surface area contributed by atoms with Gasteiger partial charge in [-0.2, -0.15) is 5.26 Å². The number of rotatable bonds is 3. The van der Waals surface area contributed by atoms with Crippen molar-refractivity contribution in [3.63, 3.8) is 0 Å². The van der Waals surface area contributed by atoms with Gasteiger partial charge in [0.15, 0.2) is 0 Å². The van der Waals surface area contributed by atoms with Gasteiger partial charge in [-0.05, 0) is 55.7 Å². The topological polar surface area (TPSA) is 52.9 Å². The lowest BCUT2D eigenvalue weighted by molar-refractivity contribution is -0.112. The molecule has 1 amide bonds. The summed E-state index contributed by atoms with van der Waals surface area (Å²) in [5.74, 6) is -0.446. The molecule has 1 N–H and O–H groups in total. The molecule has 0 atom stereocenters. The SMILES string of the molecule is Cc1ccc(C)c(/C=C(\C#N)C(=O)Nc2cccc(Cl)c2C)c1. The fourth-order valence-electron chi connectivity index (χ4n) is 2.15. The molecule has 0 bridgehead atoms. The average molecular weight is 325 g/mol. The number of carbonyl (C=O) groups is 1. The van der Waals surface area contributed by atoms with Crippen molar-refractivity contribution in [3.05, 3.63) is 69.2 Å². The molecule has 4 heteroatoms. The molecule has 0 spiro atoms. The van der Waals surface area contributed by atoms with Crippen molar-refractivity contribution in [1.82, 2.24) is 0 Å². The van der Waals surface area contributed by atoms with E-state index in [4.69, 9.17) is 11.6 Å². The van der Waals surface area contributed by atoms with Gasteiger partial charge < -0.3 is 5.32 Å². The van der Waals surface area contributed by atoms with E-state index >= 15 is 0 Å². The fraction of sp³-hybridized carbons (Fsp3) is 0.158. The van der Waals surface area contributed by atoms with Gasteiger partial charge in [-0.15, -0.1) is 0 Å². The number of nitrogens with one attached hydrogen (secondary N) is 1. The first-order valence-corrected chi connectivity index (χ1v) is 7.55. The summed E-state index contributed by atoms with van der Waals surface area (Å²) in [6.45, 7) is 5.73. The van der Waals surface area contributed by atoms with E-state index in [1.54, 1.807) is 24.3 Å². The minimum absolute atomic E-state index is 0.0538. The summed E-state index contributed by atoms with van der Waals surface area (Å²) in [6.07, 6.45) is 1.61. The Morgan fingerprint density at radius 1 is 1.22 bits per heavy atom. The second-order valence-electron chi connectivity index (χ2n) is 5.40. The maximum Gasteiger partial charge on any atom is 0.266 e. The third-order valence-corrected chi connectivity index (χ3v) is 4.03. The van der Waals surface area contributed by atoms with Gasteiger partial charge in [0.2, 0.25) is 0 Å². The van der Waals surface area contributed by atoms with Crippen LogP contribution >= 0.6 is 11.6 Å². The highest BCUT2D eigenvalue weighted by atomic mass is 35.5. The lowest BCUT2D eigenvalue weighted by atomic mass is 10.0. The average Bonchev–Trinajstić information content (AvgIpc) is 2.52. The summed E-state index contributed by atoms with van der Waals surface area (Å²) in [5.41, 5.74) is 4.37. The molecule has 0 saturated heterocycles. The molecule has 2 aromatic rings. The summed E-state index contributed by atoms with van der Waals surface area (Å²) < 4.78 is 0. The highest BCUT2D eigenvalue weighted by Gasteiger charge is 2.12. The van der Waals surface area contributed by atoms with Crippen LogP contribution < -0.4 is 5.32 Å². The Hall–Kier alpha value is -2.57. The molecule has 0 fully saturated rings. The molecule has 116 valence electrons. The van der Waals surface area contributed by atoms with Crippen molar-refractivity contribution in [2.24, 2.45) is 0 Å². The maximum absolute atomic E-state index is 12.4. The van der Waals surface area contributed by atoms with Crippen LogP contribution in [0.25, 0.3) is 6.08 Å². The Morgan fingerprint density at radius 3 is 2.65 bits per heavy atom. The number of hydrogen-bond donors (Lipinski definition) is 1. The summed E-state index contributed by atoms with van der Waals surface area (Å²) in [5, 5.41) is 12.6. The zero-order valence-corrected chi connectivity index (χ0v) is 14.0. The molecule has 0 heterocycles. The summed E-state index contributed by atoms with van der Waals surface area (Å²) in [6, 6.07) is 13.1. The molecule has 23 heavy (non-hydrogen) atoms. The smallest absolute Gasteiger partial charge is 0.266 e. The Labute approximate surface area is 141 Å². The van der Waals surface area contributed by atoms with E-state index in [-0.39, 0.29) is 5.57 Å². The Morgan fingerprint density at radius 2 is 1.96 bits per heavy atom. The molecular weight excluding hydrogens is 308 g/mol. The monoisotopic (exact) mass is 324 g/mol. The second kappa shape index (κ2) is 7.13. The molecule has 2 aromatic carbocycles. The number of amides is 1. The van der Waals surface area contributed by atoms with Crippen molar-refractivity contribution in [2.45, 2.75) is 20.8 Å². The predicted octanol–water partition coefficient (Wildman–Crippen LogP) is 4.81. The third kappa shape index (κ3) is 4.00. The van der Waals surface area contributed by atoms with Gasteiger partial charge in [-0.25, -0.2) is 0 Å². The number of carbonyl (C=O) groups excluding carboxylic acids is 1. The third-order valence-electron chi connectivity index (χ3n) is 3.62. The predicted molar refractivity (Wildman–Crippen MR) is 94.3 cm³/mol. The molecule has 0 aliphatic rings. The summed E-state index contributed by atoms with van der Waals surface area (Å²) >= 11 is 6.05. The fourth-order valence-corrected chi connectivity index (χ4v) is 2.33. The van der Waals surface area contributed by atoms with E-state index in [1.165, 1.54) is 0 Å². The van der Waals surface area contributed by atoms with Crippen LogP contribution in [0.3, 0.4) is 0 Å². The number of anilines is 1. The zero-order valence-electron chi connectivity index (χ0n) is 13.3. The van der Waals surface area contributed by atoms with E-state index in [1.807, 2.05) is 45.0 Å². The zero-order chi connectivity index (χ0) is 17.0. The largest absolute Gasteiger partial charge is 0.321 e. The van der Waals surface area contributed by atoms with E-state index in [0.29, 0.717) is 10.7 Å². The number of halogens is 1. The van der Waals surface area contributed by atoms with Crippen LogP contribution in [-0.2, 0) is 4.79 Å². The van der Waals surface area contributed by atoms with Crippen LogP contribution in [0.2, 0.25) is 5.02 Å². The van der Waals surface area contributed by atoms with Crippen molar-refractivity contribution in [2.75, 3.05) is 5.32 Å². The minimum Gasteiger partial charge on any atom is -0.321 e. The second-order valence-corrected chi connectivity index (χ2v) is 5.80. The maximum atomic E-state index is 12.4. The number of aryl methyl sites for hydroxylation is 2. The van der Waals surface area contributed by atoms with Crippen LogP contribution in [-0.4, -0.2) is 5.91 Å². The quantitative estimate of drug-likeness (QED) is 0.650. The van der Waals surface area contributed by atoms with Crippen LogP contribution in [0.15, 0.2) is 42.0 Å².